The van der Waals surface area contributed by atoms with Crippen LogP contribution in [0.15, 0.2) is 9.98 Å². The van der Waals surface area contributed by atoms with Gasteiger partial charge in [0, 0.05) is 0 Å². The van der Waals surface area contributed by atoms with Gasteiger partial charge in [0.25, 0.3) is 0 Å². The summed E-state index contributed by atoms with van der Waals surface area (Å²) in [4.78, 5) is 27.9. The monoisotopic (exact) mass is 336 g/mol. The standard InChI is InChI=1S/C20H36N2O2/c1-3-4-5-6-7-8-9-10-11-12-13-14-15-16-17-20(2,21-18-23)22-19-24/h3-17H2,1-2H3. The Morgan fingerprint density at radius 1 is 0.625 bits per heavy atom. The van der Waals surface area contributed by atoms with Crippen LogP contribution in [0.3, 0.4) is 0 Å². The maximum Gasteiger partial charge on any atom is 0.237 e. The summed E-state index contributed by atoms with van der Waals surface area (Å²) in [6.45, 7) is 3.93. The minimum absolute atomic E-state index is 0.607. The van der Waals surface area contributed by atoms with Gasteiger partial charge in [0.2, 0.25) is 12.2 Å². The smallest absolute Gasteiger partial charge is 0.211 e. The van der Waals surface area contributed by atoms with Gasteiger partial charge in [-0.05, 0) is 19.8 Å². The van der Waals surface area contributed by atoms with Crippen LogP contribution < -0.4 is 0 Å². The molecule has 0 atom stereocenters. The molecule has 0 saturated heterocycles. The summed E-state index contributed by atoms with van der Waals surface area (Å²) in [7, 11) is 0. The molecule has 0 aromatic heterocycles. The molecule has 0 saturated carbocycles. The van der Waals surface area contributed by atoms with Crippen LogP contribution in [0.25, 0.3) is 0 Å². The van der Waals surface area contributed by atoms with Crippen LogP contribution in [0.5, 0.6) is 0 Å². The number of isocyanates is 2. The highest BCUT2D eigenvalue weighted by molar-refractivity contribution is 5.38. The topological polar surface area (TPSA) is 58.9 Å². The SMILES string of the molecule is CCCCCCCCCCCCCCCCC(C)(N=C=O)N=C=O. The Bertz CT molecular complexity index is 365. The molecule has 0 aliphatic rings. The molecule has 4 heteroatoms. The summed E-state index contributed by atoms with van der Waals surface area (Å²) in [6, 6.07) is 0. The summed E-state index contributed by atoms with van der Waals surface area (Å²) in [5.74, 6) is 0. The fraction of sp³-hybridized carbons (Fsp3) is 0.900. The van der Waals surface area contributed by atoms with Gasteiger partial charge in [-0.3, -0.25) is 0 Å². The van der Waals surface area contributed by atoms with Crippen LogP contribution in [0.4, 0.5) is 0 Å². The maximum atomic E-state index is 10.4. The molecule has 138 valence electrons. The van der Waals surface area contributed by atoms with Crippen LogP contribution in [0.2, 0.25) is 0 Å². The molecule has 0 bridgehead atoms. The van der Waals surface area contributed by atoms with E-state index in [1.807, 2.05) is 0 Å². The van der Waals surface area contributed by atoms with E-state index in [9.17, 15) is 9.59 Å². The lowest BCUT2D eigenvalue weighted by atomic mass is 10.0. The Kier molecular flexibility index (Phi) is 15.8. The molecule has 0 aliphatic heterocycles. The van der Waals surface area contributed by atoms with E-state index in [-0.39, 0.29) is 0 Å². The van der Waals surface area contributed by atoms with Gasteiger partial charge in [-0.15, -0.1) is 0 Å². The van der Waals surface area contributed by atoms with E-state index in [1.165, 1.54) is 89.2 Å². The molecule has 0 rings (SSSR count). The van der Waals surface area contributed by atoms with Gasteiger partial charge in [-0.25, -0.2) is 9.59 Å². The zero-order chi connectivity index (χ0) is 17.9. The first-order chi connectivity index (χ1) is 11.7. The number of nitrogens with zero attached hydrogens (tertiary/aromatic N) is 2. The third-order valence-corrected chi connectivity index (χ3v) is 4.58. The molecule has 0 unspecified atom stereocenters. The number of hydrogen-bond donors (Lipinski definition) is 0. The molecule has 0 aromatic carbocycles. The summed E-state index contributed by atoms with van der Waals surface area (Å²) in [6.07, 6.45) is 21.8. The van der Waals surface area contributed by atoms with Gasteiger partial charge in [-0.1, -0.05) is 90.4 Å². The Labute approximate surface area is 148 Å². The fourth-order valence-corrected chi connectivity index (χ4v) is 2.99. The summed E-state index contributed by atoms with van der Waals surface area (Å²) in [5, 5.41) is 0. The van der Waals surface area contributed by atoms with E-state index in [4.69, 9.17) is 0 Å². The first-order valence-corrected chi connectivity index (χ1v) is 9.86. The van der Waals surface area contributed by atoms with E-state index in [0.717, 1.165) is 12.8 Å². The quantitative estimate of drug-likeness (QED) is 0.179. The van der Waals surface area contributed by atoms with Crippen molar-refractivity contribution >= 4 is 12.2 Å². The third-order valence-electron chi connectivity index (χ3n) is 4.58. The van der Waals surface area contributed by atoms with Crippen LogP contribution in [-0.4, -0.2) is 17.8 Å². The predicted octanol–water partition coefficient (Wildman–Crippen LogP) is 6.25. The molecule has 0 radical (unpaired) electrons. The van der Waals surface area contributed by atoms with Gasteiger partial charge in [0.1, 0.15) is 0 Å². The van der Waals surface area contributed by atoms with Crippen molar-refractivity contribution in [3.05, 3.63) is 0 Å². The van der Waals surface area contributed by atoms with Crippen molar-refractivity contribution in [2.75, 3.05) is 0 Å². The molecular weight excluding hydrogens is 300 g/mol. The molecule has 0 heterocycles. The normalized spacial score (nSPS) is 12.9. The Hall–Kier alpha value is -1.24. The van der Waals surface area contributed by atoms with Crippen molar-refractivity contribution in [2.24, 2.45) is 9.98 Å². The maximum absolute atomic E-state index is 10.4. The zero-order valence-electron chi connectivity index (χ0n) is 15.8. The van der Waals surface area contributed by atoms with Gasteiger partial charge < -0.3 is 0 Å². The molecule has 0 spiro atoms. The summed E-state index contributed by atoms with van der Waals surface area (Å²) >= 11 is 0. The van der Waals surface area contributed by atoms with E-state index < -0.39 is 5.66 Å². The van der Waals surface area contributed by atoms with E-state index in [2.05, 4.69) is 16.9 Å². The zero-order valence-corrected chi connectivity index (χ0v) is 15.8. The molecular formula is C20H36N2O2. The average Bonchev–Trinajstić information content (AvgIpc) is 2.55. The Morgan fingerprint density at radius 2 is 0.958 bits per heavy atom. The number of aliphatic imine (C=N–C) groups is 2. The lowest BCUT2D eigenvalue weighted by Crippen LogP contribution is -2.18. The predicted molar refractivity (Wildman–Crippen MR) is 99.6 cm³/mol. The van der Waals surface area contributed by atoms with Crippen molar-refractivity contribution in [3.63, 3.8) is 0 Å². The minimum atomic E-state index is -0.958. The summed E-state index contributed by atoms with van der Waals surface area (Å²) in [5.41, 5.74) is -0.958. The highest BCUT2D eigenvalue weighted by Gasteiger charge is 2.21. The number of unbranched alkanes of at least 4 members (excludes halogenated alkanes) is 13. The highest BCUT2D eigenvalue weighted by atomic mass is 16.1. The first kappa shape index (κ1) is 22.8. The molecule has 0 fully saturated rings. The number of carbonyl (C=O) groups excluding carboxylic acids is 2. The van der Waals surface area contributed by atoms with Crippen LogP contribution in [0.1, 0.15) is 110 Å². The minimum Gasteiger partial charge on any atom is -0.211 e. The fourth-order valence-electron chi connectivity index (χ4n) is 2.99. The average molecular weight is 337 g/mol. The van der Waals surface area contributed by atoms with Crippen molar-refractivity contribution in [1.29, 1.82) is 0 Å². The van der Waals surface area contributed by atoms with Gasteiger partial charge in [0.15, 0.2) is 5.66 Å². The summed E-state index contributed by atoms with van der Waals surface area (Å²) < 4.78 is 0. The molecule has 0 aromatic rings. The Balaban J connectivity index is 3.39. The van der Waals surface area contributed by atoms with Crippen LogP contribution >= 0.6 is 0 Å². The second kappa shape index (κ2) is 16.6. The lowest BCUT2D eigenvalue weighted by Gasteiger charge is -2.15. The van der Waals surface area contributed by atoms with Crippen LogP contribution in [0, 0.1) is 0 Å². The van der Waals surface area contributed by atoms with E-state index in [1.54, 1.807) is 6.92 Å². The van der Waals surface area contributed by atoms with Crippen molar-refractivity contribution in [1.82, 2.24) is 0 Å². The van der Waals surface area contributed by atoms with Crippen molar-refractivity contribution in [2.45, 2.75) is 116 Å². The Morgan fingerprint density at radius 3 is 1.29 bits per heavy atom. The van der Waals surface area contributed by atoms with Crippen molar-refractivity contribution < 1.29 is 9.59 Å². The molecule has 4 nitrogen and oxygen atoms in total. The highest BCUT2D eigenvalue weighted by Crippen LogP contribution is 2.21. The lowest BCUT2D eigenvalue weighted by molar-refractivity contribution is 0.417. The third kappa shape index (κ3) is 14.4. The molecule has 0 aliphatic carbocycles. The van der Waals surface area contributed by atoms with Gasteiger partial charge >= 0.3 is 0 Å². The van der Waals surface area contributed by atoms with Gasteiger partial charge in [-0.2, -0.15) is 9.98 Å². The van der Waals surface area contributed by atoms with Crippen molar-refractivity contribution in [3.8, 4) is 0 Å². The molecule has 24 heavy (non-hydrogen) atoms. The van der Waals surface area contributed by atoms with E-state index in [0.29, 0.717) is 6.42 Å². The molecule has 0 N–H and O–H groups in total. The second-order valence-electron chi connectivity index (χ2n) is 6.97. The second-order valence-corrected chi connectivity index (χ2v) is 6.97. The first-order valence-electron chi connectivity index (χ1n) is 9.86. The largest absolute Gasteiger partial charge is 0.237 e. The van der Waals surface area contributed by atoms with E-state index >= 15 is 0 Å². The van der Waals surface area contributed by atoms with Crippen LogP contribution in [-0.2, 0) is 9.59 Å². The molecule has 0 amide bonds. The number of hydrogen-bond acceptors (Lipinski definition) is 4. The number of rotatable bonds is 17. The van der Waals surface area contributed by atoms with Gasteiger partial charge in [0.05, 0.1) is 0 Å².